The Labute approximate surface area is 102 Å². The van der Waals surface area contributed by atoms with Gasteiger partial charge in [-0.2, -0.15) is 0 Å². The van der Waals surface area contributed by atoms with Crippen LogP contribution in [0.5, 0.6) is 0 Å². The second kappa shape index (κ2) is 6.74. The van der Waals surface area contributed by atoms with Gasteiger partial charge in [-0.05, 0) is 44.0 Å². The van der Waals surface area contributed by atoms with Gasteiger partial charge in [-0.25, -0.2) is 4.79 Å². The number of anilines is 1. The molecule has 92 valence electrons. The van der Waals surface area contributed by atoms with Gasteiger partial charge >= 0.3 is 5.97 Å². The van der Waals surface area contributed by atoms with Crippen LogP contribution < -0.4 is 5.32 Å². The molecule has 1 atom stereocenters. The lowest BCUT2D eigenvalue weighted by atomic mass is 10.1. The first-order chi connectivity index (χ1) is 8.17. The van der Waals surface area contributed by atoms with Gasteiger partial charge in [0, 0.05) is 11.7 Å². The molecule has 1 N–H and O–H groups in total. The molecule has 1 unspecified atom stereocenters. The molecule has 0 radical (unpaired) electrons. The normalized spacial score (nSPS) is 11.6. The Balaban J connectivity index is 2.56. The molecule has 3 nitrogen and oxygen atoms in total. The van der Waals surface area contributed by atoms with Crippen molar-refractivity contribution in [3.8, 4) is 0 Å². The summed E-state index contributed by atoms with van der Waals surface area (Å²) in [6, 6.07) is 7.67. The zero-order valence-electron chi connectivity index (χ0n) is 10.4. The van der Waals surface area contributed by atoms with Crippen LogP contribution in [0.1, 0.15) is 30.1 Å². The molecule has 0 spiro atoms. The summed E-state index contributed by atoms with van der Waals surface area (Å²) in [6.45, 7) is 5.82. The highest BCUT2D eigenvalue weighted by Crippen LogP contribution is 2.13. The fourth-order valence-electron chi connectivity index (χ4n) is 1.54. The van der Waals surface area contributed by atoms with Gasteiger partial charge in [0.05, 0.1) is 12.7 Å². The van der Waals surface area contributed by atoms with E-state index in [1.807, 2.05) is 18.2 Å². The van der Waals surface area contributed by atoms with Crippen LogP contribution in [0.4, 0.5) is 5.69 Å². The lowest BCUT2D eigenvalue weighted by molar-refractivity contribution is 0.0601. The molecule has 1 aromatic carbocycles. The quantitative estimate of drug-likeness (QED) is 0.605. The minimum atomic E-state index is -0.309. The number of rotatable bonds is 6. The Morgan fingerprint density at radius 1 is 1.47 bits per heavy atom. The molecular weight excluding hydrogens is 214 g/mol. The van der Waals surface area contributed by atoms with Gasteiger partial charge in [-0.15, -0.1) is 6.58 Å². The smallest absolute Gasteiger partial charge is 0.337 e. The van der Waals surface area contributed by atoms with Crippen molar-refractivity contribution in [2.45, 2.75) is 25.8 Å². The molecule has 0 bridgehead atoms. The predicted molar refractivity (Wildman–Crippen MR) is 70.3 cm³/mol. The summed E-state index contributed by atoms with van der Waals surface area (Å²) in [4.78, 5) is 11.2. The Bertz CT molecular complexity index is 370. The molecule has 0 aliphatic heterocycles. The van der Waals surface area contributed by atoms with Crippen LogP contribution in [0, 0.1) is 0 Å². The van der Waals surface area contributed by atoms with Crippen molar-refractivity contribution in [3.05, 3.63) is 42.5 Å². The lowest BCUT2D eigenvalue weighted by Crippen LogP contribution is -2.14. The van der Waals surface area contributed by atoms with Crippen LogP contribution in [0.25, 0.3) is 0 Å². The standard InChI is InChI=1S/C14H19NO2/c1-4-5-6-11(2)15-13-9-7-12(8-10-13)14(16)17-3/h4,7-11,15H,1,5-6H2,2-3H3. The van der Waals surface area contributed by atoms with Crippen molar-refractivity contribution in [3.63, 3.8) is 0 Å². The topological polar surface area (TPSA) is 38.3 Å². The summed E-state index contributed by atoms with van der Waals surface area (Å²) < 4.78 is 4.64. The number of hydrogen-bond donors (Lipinski definition) is 1. The average molecular weight is 233 g/mol. The van der Waals surface area contributed by atoms with E-state index in [0.29, 0.717) is 11.6 Å². The van der Waals surface area contributed by atoms with E-state index in [9.17, 15) is 4.79 Å². The molecule has 0 amide bonds. The van der Waals surface area contributed by atoms with E-state index in [-0.39, 0.29) is 5.97 Å². The number of methoxy groups -OCH3 is 1. The SMILES string of the molecule is C=CCCC(C)Nc1ccc(C(=O)OC)cc1. The van der Waals surface area contributed by atoms with Crippen LogP contribution in [0.15, 0.2) is 36.9 Å². The van der Waals surface area contributed by atoms with Gasteiger partial charge in [0.2, 0.25) is 0 Å². The molecule has 0 aromatic heterocycles. The van der Waals surface area contributed by atoms with Crippen LogP contribution >= 0.6 is 0 Å². The highest BCUT2D eigenvalue weighted by molar-refractivity contribution is 5.89. The average Bonchev–Trinajstić information content (AvgIpc) is 2.36. The summed E-state index contributed by atoms with van der Waals surface area (Å²) >= 11 is 0. The van der Waals surface area contributed by atoms with E-state index in [1.54, 1.807) is 12.1 Å². The molecule has 0 saturated heterocycles. The fraction of sp³-hybridized carbons (Fsp3) is 0.357. The maximum Gasteiger partial charge on any atom is 0.337 e. The lowest BCUT2D eigenvalue weighted by Gasteiger charge is -2.14. The Morgan fingerprint density at radius 2 is 2.12 bits per heavy atom. The van der Waals surface area contributed by atoms with Crippen LogP contribution in [-0.4, -0.2) is 19.1 Å². The van der Waals surface area contributed by atoms with Gasteiger partial charge in [0.15, 0.2) is 0 Å². The van der Waals surface area contributed by atoms with Crippen molar-refractivity contribution >= 4 is 11.7 Å². The van der Waals surface area contributed by atoms with E-state index in [2.05, 4.69) is 23.6 Å². The Morgan fingerprint density at radius 3 is 2.65 bits per heavy atom. The maximum absolute atomic E-state index is 11.2. The van der Waals surface area contributed by atoms with E-state index in [0.717, 1.165) is 18.5 Å². The summed E-state index contributed by atoms with van der Waals surface area (Å²) in [7, 11) is 1.38. The summed E-state index contributed by atoms with van der Waals surface area (Å²) in [6.07, 6.45) is 3.95. The van der Waals surface area contributed by atoms with Crippen molar-refractivity contribution < 1.29 is 9.53 Å². The third-order valence-corrected chi connectivity index (χ3v) is 2.52. The van der Waals surface area contributed by atoms with Crippen molar-refractivity contribution in [2.24, 2.45) is 0 Å². The molecule has 0 aliphatic rings. The minimum Gasteiger partial charge on any atom is -0.465 e. The second-order valence-corrected chi connectivity index (χ2v) is 3.98. The van der Waals surface area contributed by atoms with Crippen LogP contribution in [-0.2, 0) is 4.74 Å². The number of benzene rings is 1. The highest BCUT2D eigenvalue weighted by Gasteiger charge is 2.05. The van der Waals surface area contributed by atoms with Gasteiger partial charge in [-0.3, -0.25) is 0 Å². The van der Waals surface area contributed by atoms with Gasteiger partial charge in [0.1, 0.15) is 0 Å². The molecule has 0 aliphatic carbocycles. The summed E-state index contributed by atoms with van der Waals surface area (Å²) in [5.74, 6) is -0.309. The van der Waals surface area contributed by atoms with Gasteiger partial charge in [-0.1, -0.05) is 6.08 Å². The predicted octanol–water partition coefficient (Wildman–Crippen LogP) is 3.24. The number of ether oxygens (including phenoxy) is 1. The third-order valence-electron chi connectivity index (χ3n) is 2.52. The van der Waals surface area contributed by atoms with E-state index in [4.69, 9.17) is 0 Å². The number of carbonyl (C=O) groups excluding carboxylic acids is 1. The second-order valence-electron chi connectivity index (χ2n) is 3.98. The molecule has 1 rings (SSSR count). The number of carbonyl (C=O) groups is 1. The number of hydrogen-bond acceptors (Lipinski definition) is 3. The molecule has 0 fully saturated rings. The highest BCUT2D eigenvalue weighted by atomic mass is 16.5. The number of esters is 1. The molecule has 0 saturated carbocycles. The van der Waals surface area contributed by atoms with Gasteiger partial charge in [0.25, 0.3) is 0 Å². The third kappa shape index (κ3) is 4.31. The summed E-state index contributed by atoms with van der Waals surface area (Å²) in [5, 5.41) is 3.36. The fourth-order valence-corrected chi connectivity index (χ4v) is 1.54. The van der Waals surface area contributed by atoms with E-state index < -0.39 is 0 Å². The van der Waals surface area contributed by atoms with Crippen molar-refractivity contribution in [1.29, 1.82) is 0 Å². The Kier molecular flexibility index (Phi) is 5.27. The monoisotopic (exact) mass is 233 g/mol. The maximum atomic E-state index is 11.2. The molecule has 0 heterocycles. The first-order valence-electron chi connectivity index (χ1n) is 5.73. The molecule has 3 heteroatoms. The van der Waals surface area contributed by atoms with Crippen LogP contribution in [0.2, 0.25) is 0 Å². The van der Waals surface area contributed by atoms with Crippen LogP contribution in [0.3, 0.4) is 0 Å². The van der Waals surface area contributed by atoms with E-state index in [1.165, 1.54) is 7.11 Å². The Hall–Kier alpha value is -1.77. The molecule has 1 aromatic rings. The zero-order valence-corrected chi connectivity index (χ0v) is 10.4. The van der Waals surface area contributed by atoms with Crippen molar-refractivity contribution in [1.82, 2.24) is 0 Å². The summed E-state index contributed by atoms with van der Waals surface area (Å²) in [5.41, 5.74) is 1.58. The number of nitrogens with one attached hydrogen (secondary N) is 1. The molecular formula is C14H19NO2. The first kappa shape index (κ1) is 13.3. The van der Waals surface area contributed by atoms with Gasteiger partial charge < -0.3 is 10.1 Å². The number of allylic oxidation sites excluding steroid dienone is 1. The minimum absolute atomic E-state index is 0.309. The van der Waals surface area contributed by atoms with Crippen molar-refractivity contribution in [2.75, 3.05) is 12.4 Å². The van der Waals surface area contributed by atoms with E-state index >= 15 is 0 Å². The largest absolute Gasteiger partial charge is 0.465 e. The zero-order chi connectivity index (χ0) is 12.7. The molecule has 17 heavy (non-hydrogen) atoms. The first-order valence-corrected chi connectivity index (χ1v) is 5.73.